The third kappa shape index (κ3) is 4.61. The molecule has 0 atom stereocenters. The molecule has 1 N–H and O–H groups in total. The first-order valence-corrected chi connectivity index (χ1v) is 3.64. The number of hydrogen-bond acceptors (Lipinski definition) is 2. The highest BCUT2D eigenvalue weighted by Crippen LogP contribution is 1.87. The number of methoxy groups -OCH3 is 1. The lowest BCUT2D eigenvalue weighted by Crippen LogP contribution is -2.35. The molecule has 0 bridgehead atoms. The summed E-state index contributed by atoms with van der Waals surface area (Å²) in [6.45, 7) is 1.43. The van der Waals surface area contributed by atoms with Gasteiger partial charge in [-0.2, -0.15) is 0 Å². The maximum Gasteiger partial charge on any atom is 0.316 e. The number of carbonyl (C=O) groups is 1. The first-order valence-electron chi connectivity index (χ1n) is 3.64. The van der Waals surface area contributed by atoms with Gasteiger partial charge in [0, 0.05) is 34.4 Å². The van der Waals surface area contributed by atoms with Gasteiger partial charge in [0.2, 0.25) is 0 Å². The zero-order valence-electron chi connectivity index (χ0n) is 7.39. The molecule has 0 saturated carbocycles. The van der Waals surface area contributed by atoms with E-state index in [1.54, 1.807) is 26.1 Å². The monoisotopic (exact) mass is 160 g/mol. The standard InChI is InChI=1S/C7H16N2O2/c1-8-7(10)9(2)5-4-6-11-3/h4-6H2,1-3H3,(H,8,10). The number of nitrogens with one attached hydrogen (secondary N) is 1. The fraction of sp³-hybridized carbons (Fsp3) is 0.857. The van der Waals surface area contributed by atoms with E-state index in [0.29, 0.717) is 6.61 Å². The molecule has 2 amide bonds. The Morgan fingerprint density at radius 1 is 1.64 bits per heavy atom. The Balaban J connectivity index is 3.36. The number of ether oxygens (including phenoxy) is 1. The van der Waals surface area contributed by atoms with Crippen LogP contribution in [0.4, 0.5) is 4.79 Å². The van der Waals surface area contributed by atoms with Crippen LogP contribution >= 0.6 is 0 Å². The molecular formula is C7H16N2O2. The van der Waals surface area contributed by atoms with Crippen LogP contribution < -0.4 is 5.32 Å². The minimum absolute atomic E-state index is 0.0545. The minimum atomic E-state index is -0.0545. The summed E-state index contributed by atoms with van der Waals surface area (Å²) in [6.07, 6.45) is 0.875. The van der Waals surface area contributed by atoms with Crippen molar-refractivity contribution in [2.45, 2.75) is 6.42 Å². The van der Waals surface area contributed by atoms with Gasteiger partial charge >= 0.3 is 6.03 Å². The molecule has 0 unspecified atom stereocenters. The van der Waals surface area contributed by atoms with Gasteiger partial charge in [-0.15, -0.1) is 0 Å². The van der Waals surface area contributed by atoms with Crippen molar-refractivity contribution in [2.75, 3.05) is 34.4 Å². The number of nitrogens with zero attached hydrogens (tertiary/aromatic N) is 1. The van der Waals surface area contributed by atoms with Crippen LogP contribution in [0.2, 0.25) is 0 Å². The number of urea groups is 1. The minimum Gasteiger partial charge on any atom is -0.385 e. The van der Waals surface area contributed by atoms with E-state index in [2.05, 4.69) is 5.32 Å². The largest absolute Gasteiger partial charge is 0.385 e. The van der Waals surface area contributed by atoms with Crippen LogP contribution in [0.25, 0.3) is 0 Å². The molecule has 0 spiro atoms. The van der Waals surface area contributed by atoms with Crippen LogP contribution in [0.15, 0.2) is 0 Å². The molecule has 4 heteroatoms. The number of amides is 2. The first kappa shape index (κ1) is 10.2. The van der Waals surface area contributed by atoms with E-state index in [1.165, 1.54) is 0 Å². The average molecular weight is 160 g/mol. The van der Waals surface area contributed by atoms with E-state index in [-0.39, 0.29) is 6.03 Å². The highest BCUT2D eigenvalue weighted by atomic mass is 16.5. The Kier molecular flexibility index (Phi) is 5.56. The normalized spacial score (nSPS) is 9.36. The highest BCUT2D eigenvalue weighted by molar-refractivity contribution is 5.73. The van der Waals surface area contributed by atoms with Gasteiger partial charge in [0.1, 0.15) is 0 Å². The van der Waals surface area contributed by atoms with Crippen molar-refractivity contribution in [3.63, 3.8) is 0 Å². The summed E-state index contributed by atoms with van der Waals surface area (Å²) in [7, 11) is 5.03. The van der Waals surface area contributed by atoms with Crippen LogP contribution in [0, 0.1) is 0 Å². The second-order valence-corrected chi connectivity index (χ2v) is 2.32. The molecule has 0 heterocycles. The van der Waals surface area contributed by atoms with Crippen molar-refractivity contribution in [3.8, 4) is 0 Å². The van der Waals surface area contributed by atoms with Crippen LogP contribution in [0.1, 0.15) is 6.42 Å². The lowest BCUT2D eigenvalue weighted by Gasteiger charge is -2.15. The van der Waals surface area contributed by atoms with Gasteiger partial charge in [-0.1, -0.05) is 0 Å². The van der Waals surface area contributed by atoms with E-state index >= 15 is 0 Å². The Labute approximate surface area is 67.5 Å². The summed E-state index contributed by atoms with van der Waals surface area (Å²) in [5.74, 6) is 0. The Morgan fingerprint density at radius 3 is 2.73 bits per heavy atom. The third-order valence-electron chi connectivity index (χ3n) is 1.40. The Morgan fingerprint density at radius 2 is 2.27 bits per heavy atom. The van der Waals surface area contributed by atoms with Gasteiger partial charge in [0.15, 0.2) is 0 Å². The molecule has 0 saturated heterocycles. The van der Waals surface area contributed by atoms with Gasteiger partial charge in [-0.25, -0.2) is 4.79 Å². The Bertz CT molecular complexity index is 117. The zero-order valence-corrected chi connectivity index (χ0v) is 7.39. The predicted molar refractivity (Wildman–Crippen MR) is 43.6 cm³/mol. The summed E-state index contributed by atoms with van der Waals surface area (Å²) < 4.78 is 4.85. The molecule has 0 aromatic carbocycles. The molecular weight excluding hydrogens is 144 g/mol. The van der Waals surface area contributed by atoms with Crippen molar-refractivity contribution in [2.24, 2.45) is 0 Å². The van der Waals surface area contributed by atoms with Gasteiger partial charge in [0.05, 0.1) is 0 Å². The van der Waals surface area contributed by atoms with E-state index in [9.17, 15) is 4.79 Å². The summed E-state index contributed by atoms with van der Waals surface area (Å²) in [5, 5.41) is 2.54. The number of rotatable bonds is 4. The molecule has 4 nitrogen and oxygen atoms in total. The zero-order chi connectivity index (χ0) is 8.69. The van der Waals surface area contributed by atoms with Crippen molar-refractivity contribution >= 4 is 6.03 Å². The summed E-state index contributed by atoms with van der Waals surface area (Å²) in [5.41, 5.74) is 0. The molecule has 11 heavy (non-hydrogen) atoms. The molecule has 0 aromatic rings. The van der Waals surface area contributed by atoms with E-state index in [0.717, 1.165) is 13.0 Å². The predicted octanol–water partition coefficient (Wildman–Crippen LogP) is 0.294. The van der Waals surface area contributed by atoms with Crippen molar-refractivity contribution < 1.29 is 9.53 Å². The molecule has 0 fully saturated rings. The smallest absolute Gasteiger partial charge is 0.316 e. The molecule has 66 valence electrons. The Hall–Kier alpha value is -0.770. The van der Waals surface area contributed by atoms with E-state index in [1.807, 2.05) is 0 Å². The maximum atomic E-state index is 10.9. The van der Waals surface area contributed by atoms with E-state index < -0.39 is 0 Å². The average Bonchev–Trinajstić information content (AvgIpc) is 2.03. The molecule has 0 aromatic heterocycles. The van der Waals surface area contributed by atoms with Crippen LogP contribution in [-0.4, -0.2) is 45.3 Å². The quantitative estimate of drug-likeness (QED) is 0.601. The fourth-order valence-corrected chi connectivity index (χ4v) is 0.738. The number of hydrogen-bond donors (Lipinski definition) is 1. The topological polar surface area (TPSA) is 41.6 Å². The second kappa shape index (κ2) is 5.97. The van der Waals surface area contributed by atoms with Gasteiger partial charge in [0.25, 0.3) is 0 Å². The highest BCUT2D eigenvalue weighted by Gasteiger charge is 2.03. The van der Waals surface area contributed by atoms with E-state index in [4.69, 9.17) is 4.74 Å². The van der Waals surface area contributed by atoms with Gasteiger partial charge < -0.3 is 15.0 Å². The fourth-order valence-electron chi connectivity index (χ4n) is 0.738. The van der Waals surface area contributed by atoms with Gasteiger partial charge in [-0.05, 0) is 6.42 Å². The third-order valence-corrected chi connectivity index (χ3v) is 1.40. The summed E-state index contributed by atoms with van der Waals surface area (Å²) in [6, 6.07) is -0.0545. The molecule has 0 rings (SSSR count). The maximum absolute atomic E-state index is 10.9. The summed E-state index contributed by atoms with van der Waals surface area (Å²) >= 11 is 0. The number of carbonyl (C=O) groups excluding carboxylic acids is 1. The van der Waals surface area contributed by atoms with Crippen LogP contribution in [0.5, 0.6) is 0 Å². The van der Waals surface area contributed by atoms with Crippen molar-refractivity contribution in [1.29, 1.82) is 0 Å². The summed E-state index contributed by atoms with van der Waals surface area (Å²) in [4.78, 5) is 12.5. The second-order valence-electron chi connectivity index (χ2n) is 2.32. The molecule has 0 radical (unpaired) electrons. The molecule has 0 aliphatic heterocycles. The molecule has 0 aliphatic carbocycles. The lowest BCUT2D eigenvalue weighted by molar-refractivity contribution is 0.176. The van der Waals surface area contributed by atoms with Crippen LogP contribution in [0.3, 0.4) is 0 Å². The van der Waals surface area contributed by atoms with Gasteiger partial charge in [-0.3, -0.25) is 0 Å². The van der Waals surface area contributed by atoms with Crippen LogP contribution in [-0.2, 0) is 4.74 Å². The van der Waals surface area contributed by atoms with Crippen molar-refractivity contribution in [1.82, 2.24) is 10.2 Å². The SMILES string of the molecule is CNC(=O)N(C)CCCOC. The molecule has 0 aliphatic rings. The van der Waals surface area contributed by atoms with Crippen molar-refractivity contribution in [3.05, 3.63) is 0 Å². The lowest BCUT2D eigenvalue weighted by atomic mass is 10.4. The first-order chi connectivity index (χ1) is 5.22.